The Balaban J connectivity index is 1.70. The van der Waals surface area contributed by atoms with Crippen LogP contribution in [0.4, 0.5) is 5.00 Å². The van der Waals surface area contributed by atoms with Crippen molar-refractivity contribution in [1.29, 1.82) is 0 Å². The standard InChI is InChI=1S/C20H25NO7S/c1-11(2)28-20(24)17-13-5-4-12(3)8-15(13)29-18(17)21-16(22)10-27-19(23)14-9-25-6-7-26-14/h9,11-12H,4-8,10H2,1-3H3,(H,21,22)/t12-/m1/s1. The first kappa shape index (κ1) is 21.2. The van der Waals surface area contributed by atoms with Crippen molar-refractivity contribution < 1.29 is 33.3 Å². The van der Waals surface area contributed by atoms with E-state index in [0.29, 0.717) is 23.1 Å². The van der Waals surface area contributed by atoms with Crippen LogP contribution >= 0.6 is 11.3 Å². The van der Waals surface area contributed by atoms with Gasteiger partial charge in [-0.25, -0.2) is 9.59 Å². The van der Waals surface area contributed by atoms with Gasteiger partial charge in [-0.1, -0.05) is 6.92 Å². The summed E-state index contributed by atoms with van der Waals surface area (Å²) in [5.74, 6) is -1.33. The SMILES string of the molecule is CC(C)OC(=O)c1c(NC(=O)COC(=O)C2=COCCO2)sc2c1CC[C@@H](C)C2. The van der Waals surface area contributed by atoms with Crippen molar-refractivity contribution in [3.05, 3.63) is 28.0 Å². The molecule has 0 saturated heterocycles. The number of thiophene rings is 1. The summed E-state index contributed by atoms with van der Waals surface area (Å²) in [6.45, 7) is 5.82. The van der Waals surface area contributed by atoms with Crippen molar-refractivity contribution in [1.82, 2.24) is 0 Å². The molecule has 1 aliphatic heterocycles. The number of amides is 1. The van der Waals surface area contributed by atoms with Crippen molar-refractivity contribution >= 4 is 34.2 Å². The Bertz CT molecular complexity index is 827. The molecule has 0 bridgehead atoms. The van der Waals surface area contributed by atoms with Gasteiger partial charge in [0.1, 0.15) is 24.5 Å². The fourth-order valence-electron chi connectivity index (χ4n) is 3.17. The molecule has 0 saturated carbocycles. The Hall–Kier alpha value is -2.55. The zero-order chi connectivity index (χ0) is 21.0. The summed E-state index contributed by atoms with van der Waals surface area (Å²) in [5.41, 5.74) is 1.36. The number of fused-ring (bicyclic) bond motifs is 1. The average molecular weight is 423 g/mol. The van der Waals surface area contributed by atoms with Crippen LogP contribution in [0.2, 0.25) is 0 Å². The maximum atomic E-state index is 12.7. The smallest absolute Gasteiger partial charge is 0.377 e. The first-order valence-electron chi connectivity index (χ1n) is 9.62. The van der Waals surface area contributed by atoms with Crippen molar-refractivity contribution in [2.45, 2.75) is 46.1 Å². The van der Waals surface area contributed by atoms with E-state index >= 15 is 0 Å². The molecule has 29 heavy (non-hydrogen) atoms. The Kier molecular flexibility index (Phi) is 6.79. The molecule has 0 radical (unpaired) electrons. The molecule has 1 aromatic rings. The molecule has 3 rings (SSSR count). The second kappa shape index (κ2) is 9.30. The molecule has 1 atom stereocenters. The first-order chi connectivity index (χ1) is 13.8. The van der Waals surface area contributed by atoms with E-state index in [1.54, 1.807) is 13.8 Å². The van der Waals surface area contributed by atoms with E-state index in [1.807, 2.05) is 0 Å². The highest BCUT2D eigenvalue weighted by molar-refractivity contribution is 7.17. The Morgan fingerprint density at radius 1 is 1.28 bits per heavy atom. The number of nitrogens with one attached hydrogen (secondary N) is 1. The van der Waals surface area contributed by atoms with Gasteiger partial charge < -0.3 is 24.3 Å². The third-order valence-electron chi connectivity index (χ3n) is 4.50. The van der Waals surface area contributed by atoms with E-state index in [-0.39, 0.29) is 18.5 Å². The molecule has 1 amide bonds. The van der Waals surface area contributed by atoms with Crippen molar-refractivity contribution in [2.24, 2.45) is 5.92 Å². The average Bonchev–Trinajstić information content (AvgIpc) is 3.03. The third-order valence-corrected chi connectivity index (χ3v) is 5.67. The van der Waals surface area contributed by atoms with Crippen molar-refractivity contribution in [3.63, 3.8) is 0 Å². The van der Waals surface area contributed by atoms with Crippen molar-refractivity contribution in [2.75, 3.05) is 25.1 Å². The summed E-state index contributed by atoms with van der Waals surface area (Å²) < 4.78 is 20.5. The van der Waals surface area contributed by atoms with Gasteiger partial charge in [-0.05, 0) is 44.6 Å². The lowest BCUT2D eigenvalue weighted by atomic mass is 9.88. The fourth-order valence-corrected chi connectivity index (χ4v) is 4.58. The maximum absolute atomic E-state index is 12.7. The summed E-state index contributed by atoms with van der Waals surface area (Å²) in [6, 6.07) is 0. The molecule has 1 N–H and O–H groups in total. The minimum absolute atomic E-state index is 0.0779. The largest absolute Gasteiger partial charge is 0.493 e. The van der Waals surface area contributed by atoms with E-state index in [0.717, 1.165) is 36.0 Å². The van der Waals surface area contributed by atoms with Gasteiger partial charge in [0.25, 0.3) is 5.91 Å². The minimum Gasteiger partial charge on any atom is -0.493 e. The third kappa shape index (κ3) is 5.29. The fraction of sp³-hybridized carbons (Fsp3) is 0.550. The molecule has 0 spiro atoms. The van der Waals surface area contributed by atoms with E-state index in [4.69, 9.17) is 18.9 Å². The molecule has 2 aliphatic rings. The topological polar surface area (TPSA) is 100 Å². The van der Waals surface area contributed by atoms with Gasteiger partial charge in [-0.15, -0.1) is 11.3 Å². The summed E-state index contributed by atoms with van der Waals surface area (Å²) in [6.07, 6.45) is 3.51. The maximum Gasteiger partial charge on any atom is 0.377 e. The minimum atomic E-state index is -0.779. The van der Waals surface area contributed by atoms with E-state index in [2.05, 4.69) is 12.2 Å². The number of anilines is 1. The predicted molar refractivity (Wildman–Crippen MR) is 106 cm³/mol. The number of esters is 2. The zero-order valence-corrected chi connectivity index (χ0v) is 17.6. The number of hydrogen-bond acceptors (Lipinski definition) is 8. The molecule has 1 aromatic heterocycles. The molecule has 9 heteroatoms. The Morgan fingerprint density at radius 2 is 2.07 bits per heavy atom. The summed E-state index contributed by atoms with van der Waals surface area (Å²) >= 11 is 1.38. The van der Waals surface area contributed by atoms with Gasteiger partial charge in [0, 0.05) is 4.88 Å². The molecule has 1 aliphatic carbocycles. The van der Waals surface area contributed by atoms with Crippen molar-refractivity contribution in [3.8, 4) is 0 Å². The van der Waals surface area contributed by atoms with E-state index < -0.39 is 24.5 Å². The summed E-state index contributed by atoms with van der Waals surface area (Å²) in [7, 11) is 0. The van der Waals surface area contributed by atoms with Gasteiger partial charge in [0.15, 0.2) is 6.61 Å². The second-order valence-corrected chi connectivity index (χ2v) is 8.44. The van der Waals surface area contributed by atoms with Gasteiger partial charge in [0.05, 0.1) is 11.7 Å². The number of hydrogen-bond donors (Lipinski definition) is 1. The highest BCUT2D eigenvalue weighted by atomic mass is 32.1. The van der Waals surface area contributed by atoms with Crippen LogP contribution in [0.3, 0.4) is 0 Å². The molecule has 0 aromatic carbocycles. The summed E-state index contributed by atoms with van der Waals surface area (Å²) in [4.78, 5) is 38.0. The molecular formula is C20H25NO7S. The molecule has 158 valence electrons. The first-order valence-corrected chi connectivity index (χ1v) is 10.4. The number of rotatable bonds is 6. The van der Waals surface area contributed by atoms with Gasteiger partial charge in [-0.2, -0.15) is 0 Å². The Labute approximate surface area is 173 Å². The normalized spacial score (nSPS) is 18.1. The number of carbonyl (C=O) groups excluding carboxylic acids is 3. The van der Waals surface area contributed by atoms with Crippen LogP contribution in [0, 0.1) is 5.92 Å². The lowest BCUT2D eigenvalue weighted by Gasteiger charge is -2.19. The monoisotopic (exact) mass is 423 g/mol. The highest BCUT2D eigenvalue weighted by Crippen LogP contribution is 2.40. The second-order valence-electron chi connectivity index (χ2n) is 7.34. The van der Waals surface area contributed by atoms with Gasteiger partial charge in [-0.3, -0.25) is 4.79 Å². The molecular weight excluding hydrogens is 398 g/mol. The molecule has 0 unspecified atom stereocenters. The molecule has 8 nitrogen and oxygen atoms in total. The molecule has 2 heterocycles. The Morgan fingerprint density at radius 3 is 2.76 bits per heavy atom. The van der Waals surface area contributed by atoms with Crippen LogP contribution in [0.15, 0.2) is 12.0 Å². The molecule has 0 fully saturated rings. The van der Waals surface area contributed by atoms with Crippen LogP contribution in [-0.2, 0) is 41.4 Å². The zero-order valence-electron chi connectivity index (χ0n) is 16.7. The predicted octanol–water partition coefficient (Wildman–Crippen LogP) is 2.81. The number of carbonyl (C=O) groups is 3. The van der Waals surface area contributed by atoms with Crippen LogP contribution in [0.25, 0.3) is 0 Å². The van der Waals surface area contributed by atoms with Crippen LogP contribution in [0.1, 0.15) is 48.0 Å². The van der Waals surface area contributed by atoms with E-state index in [9.17, 15) is 14.4 Å². The lowest BCUT2D eigenvalue weighted by Crippen LogP contribution is -2.24. The summed E-state index contributed by atoms with van der Waals surface area (Å²) in [5, 5.41) is 3.14. The van der Waals surface area contributed by atoms with Crippen LogP contribution in [0.5, 0.6) is 0 Å². The van der Waals surface area contributed by atoms with E-state index in [1.165, 1.54) is 11.3 Å². The quantitative estimate of drug-likeness (QED) is 0.702. The highest BCUT2D eigenvalue weighted by Gasteiger charge is 2.30. The van der Waals surface area contributed by atoms with Crippen LogP contribution < -0.4 is 5.32 Å². The lowest BCUT2D eigenvalue weighted by molar-refractivity contribution is -0.148. The van der Waals surface area contributed by atoms with Gasteiger partial charge in [0.2, 0.25) is 5.76 Å². The van der Waals surface area contributed by atoms with Crippen LogP contribution in [-0.4, -0.2) is 43.8 Å². The number of ether oxygens (including phenoxy) is 4. The van der Waals surface area contributed by atoms with Gasteiger partial charge >= 0.3 is 11.9 Å².